The maximum atomic E-state index is 11.8. The Morgan fingerprint density at radius 1 is 1.21 bits per heavy atom. The number of hydrogen-bond donors (Lipinski definition) is 2. The lowest BCUT2D eigenvalue weighted by atomic mass is 9.81. The smallest absolute Gasteiger partial charge is 0.269 e. The summed E-state index contributed by atoms with van der Waals surface area (Å²) in [7, 11) is 1.61. The van der Waals surface area contributed by atoms with Gasteiger partial charge >= 0.3 is 0 Å². The third kappa shape index (κ3) is 3.92. The highest BCUT2D eigenvalue weighted by Gasteiger charge is 2.43. The average molecular weight is 445 g/mol. The number of piperazine rings is 1. The van der Waals surface area contributed by atoms with E-state index in [9.17, 15) is 9.59 Å². The molecule has 0 radical (unpaired) electrons. The van der Waals surface area contributed by atoms with E-state index < -0.39 is 0 Å². The molecule has 8 heteroatoms. The normalized spacial score (nSPS) is 21.7. The van der Waals surface area contributed by atoms with Gasteiger partial charge in [0.15, 0.2) is 5.94 Å². The summed E-state index contributed by atoms with van der Waals surface area (Å²) >= 11 is 0. The molecule has 2 aliphatic heterocycles. The molecular weight excluding hydrogens is 416 g/mol. The lowest BCUT2D eigenvalue weighted by Crippen LogP contribution is -2.64. The van der Waals surface area contributed by atoms with E-state index >= 15 is 0 Å². The summed E-state index contributed by atoms with van der Waals surface area (Å²) in [6.07, 6.45) is 8.81. The van der Waals surface area contributed by atoms with E-state index in [1.807, 2.05) is 37.4 Å². The van der Waals surface area contributed by atoms with Crippen molar-refractivity contribution in [3.8, 4) is 0 Å². The second kappa shape index (κ2) is 8.81. The van der Waals surface area contributed by atoms with Crippen molar-refractivity contribution in [1.82, 2.24) is 20.2 Å². The van der Waals surface area contributed by atoms with Crippen LogP contribution in [0.3, 0.4) is 0 Å². The Labute approximate surface area is 193 Å². The summed E-state index contributed by atoms with van der Waals surface area (Å²) in [4.78, 5) is 37.0. The summed E-state index contributed by atoms with van der Waals surface area (Å²) in [6, 6.07) is 6.83. The first-order valence-corrected chi connectivity index (χ1v) is 11.5. The van der Waals surface area contributed by atoms with E-state index in [0.29, 0.717) is 23.5 Å². The van der Waals surface area contributed by atoms with E-state index in [1.165, 1.54) is 6.42 Å². The van der Waals surface area contributed by atoms with Crippen LogP contribution in [0.5, 0.6) is 0 Å². The zero-order chi connectivity index (χ0) is 22.9. The molecule has 170 valence electrons. The fourth-order valence-electron chi connectivity index (χ4n) is 5.03. The van der Waals surface area contributed by atoms with E-state index in [-0.39, 0.29) is 5.91 Å². The standard InChI is InChI=1S/C25H28N6O2/c1-3-17-11-20-21(29-22(17)15-32)10-16(12-27-20)14-30-8-9-31(24-7-6-23(24)30)18-4-5-19(28-13-18)25(33)26-2/h4-5,10-13,23-24,29H,3,6-9,14H2,1-2H3,(H,26,33)/t23-,24+/m0/s1. The SMILES string of the molecule is CCC1=Cc2ncc(CN3CCN(c4ccc(C(=O)NC)nc4)[C@@H]4CC[C@@H]43)cc2NC1=C=O. The molecule has 2 N–H and O–H groups in total. The van der Waals surface area contributed by atoms with Crippen molar-refractivity contribution in [1.29, 1.82) is 0 Å². The molecule has 5 rings (SSSR count). The molecule has 0 aromatic carbocycles. The third-order valence-corrected chi connectivity index (χ3v) is 6.97. The fraction of sp³-hybridized carbons (Fsp3) is 0.400. The quantitative estimate of drug-likeness (QED) is 0.685. The lowest BCUT2D eigenvalue weighted by Gasteiger charge is -2.54. The minimum absolute atomic E-state index is 0.168. The predicted molar refractivity (Wildman–Crippen MR) is 128 cm³/mol. The van der Waals surface area contributed by atoms with E-state index in [2.05, 4.69) is 36.5 Å². The Bertz CT molecular complexity index is 1150. The van der Waals surface area contributed by atoms with Gasteiger partial charge in [0, 0.05) is 45.0 Å². The number of pyridine rings is 2. The summed E-state index contributed by atoms with van der Waals surface area (Å²) in [5.41, 5.74) is 5.82. The number of nitrogens with zero attached hydrogens (tertiary/aromatic N) is 4. The second-order valence-corrected chi connectivity index (χ2v) is 8.76. The van der Waals surface area contributed by atoms with Gasteiger partial charge in [-0.2, -0.15) is 0 Å². The highest BCUT2D eigenvalue weighted by Crippen LogP contribution is 2.37. The lowest BCUT2D eigenvalue weighted by molar-refractivity contribution is 0.0658. The summed E-state index contributed by atoms with van der Waals surface area (Å²) < 4.78 is 0. The van der Waals surface area contributed by atoms with Crippen LogP contribution in [0.25, 0.3) is 6.08 Å². The van der Waals surface area contributed by atoms with Crippen LogP contribution < -0.4 is 15.5 Å². The maximum absolute atomic E-state index is 11.8. The molecule has 1 amide bonds. The highest BCUT2D eigenvalue weighted by atomic mass is 16.1. The number of amides is 1. The predicted octanol–water partition coefficient (Wildman–Crippen LogP) is 2.62. The number of allylic oxidation sites excluding steroid dienone is 1. The van der Waals surface area contributed by atoms with Gasteiger partial charge in [-0.15, -0.1) is 0 Å². The Morgan fingerprint density at radius 2 is 2.06 bits per heavy atom. The molecule has 2 aromatic heterocycles. The Balaban J connectivity index is 1.28. The van der Waals surface area contributed by atoms with Gasteiger partial charge in [0.1, 0.15) is 11.4 Å². The van der Waals surface area contributed by atoms with Crippen LogP contribution >= 0.6 is 0 Å². The van der Waals surface area contributed by atoms with Crippen LogP contribution in [0.2, 0.25) is 0 Å². The van der Waals surface area contributed by atoms with E-state index in [1.54, 1.807) is 13.1 Å². The van der Waals surface area contributed by atoms with Crippen molar-refractivity contribution in [2.24, 2.45) is 0 Å². The molecule has 4 heterocycles. The van der Waals surface area contributed by atoms with Gasteiger partial charge in [-0.3, -0.25) is 14.7 Å². The van der Waals surface area contributed by atoms with Gasteiger partial charge in [0.2, 0.25) is 0 Å². The first-order chi connectivity index (χ1) is 16.1. The number of carbonyl (C=O) groups excluding carboxylic acids is 2. The molecule has 2 aromatic rings. The zero-order valence-electron chi connectivity index (χ0n) is 19.0. The summed E-state index contributed by atoms with van der Waals surface area (Å²) in [6.45, 7) is 4.71. The fourth-order valence-corrected chi connectivity index (χ4v) is 5.03. The van der Waals surface area contributed by atoms with E-state index in [4.69, 9.17) is 0 Å². The van der Waals surface area contributed by atoms with Gasteiger partial charge in [-0.25, -0.2) is 9.78 Å². The first-order valence-electron chi connectivity index (χ1n) is 11.5. The van der Waals surface area contributed by atoms with Crippen molar-refractivity contribution < 1.29 is 9.59 Å². The molecule has 0 bridgehead atoms. The molecule has 3 aliphatic rings. The largest absolute Gasteiger partial charge is 0.364 e. The monoisotopic (exact) mass is 444 g/mol. The molecule has 2 atom stereocenters. The van der Waals surface area contributed by atoms with E-state index in [0.717, 1.165) is 60.7 Å². The van der Waals surface area contributed by atoms with Gasteiger partial charge in [0.25, 0.3) is 5.91 Å². The van der Waals surface area contributed by atoms with Crippen LogP contribution in [0, 0.1) is 0 Å². The molecule has 0 spiro atoms. The third-order valence-electron chi connectivity index (χ3n) is 6.97. The second-order valence-electron chi connectivity index (χ2n) is 8.76. The van der Waals surface area contributed by atoms with Crippen LogP contribution in [0.15, 0.2) is 41.9 Å². The van der Waals surface area contributed by atoms with Crippen molar-refractivity contribution in [3.63, 3.8) is 0 Å². The van der Waals surface area contributed by atoms with Gasteiger partial charge < -0.3 is 15.5 Å². The summed E-state index contributed by atoms with van der Waals surface area (Å²) in [5.74, 6) is 1.85. The van der Waals surface area contributed by atoms with Crippen LogP contribution in [0.4, 0.5) is 11.4 Å². The zero-order valence-corrected chi connectivity index (χ0v) is 19.0. The topological polar surface area (TPSA) is 90.5 Å². The first kappa shape index (κ1) is 21.4. The molecule has 8 nitrogen and oxygen atoms in total. The number of nitrogens with one attached hydrogen (secondary N) is 2. The number of anilines is 2. The van der Waals surface area contributed by atoms with Gasteiger partial charge in [-0.1, -0.05) is 6.92 Å². The van der Waals surface area contributed by atoms with Crippen LogP contribution in [-0.2, 0) is 11.3 Å². The summed E-state index contributed by atoms with van der Waals surface area (Å²) in [5, 5.41) is 5.82. The number of aromatic nitrogens is 2. The Hall–Kier alpha value is -3.48. The van der Waals surface area contributed by atoms with Crippen LogP contribution in [0.1, 0.15) is 47.9 Å². The van der Waals surface area contributed by atoms with Gasteiger partial charge in [0.05, 0.1) is 23.3 Å². The number of fused-ring (bicyclic) bond motifs is 2. The molecule has 33 heavy (non-hydrogen) atoms. The highest BCUT2D eigenvalue weighted by molar-refractivity contribution is 5.92. The Morgan fingerprint density at radius 3 is 2.73 bits per heavy atom. The number of rotatable bonds is 5. The molecular formula is C25H28N6O2. The van der Waals surface area contributed by atoms with Crippen LogP contribution in [-0.4, -0.2) is 58.9 Å². The Kier molecular flexibility index (Phi) is 5.70. The molecule has 1 aliphatic carbocycles. The van der Waals surface area contributed by atoms with Crippen molar-refractivity contribution in [2.75, 3.05) is 30.4 Å². The minimum Gasteiger partial charge on any atom is -0.364 e. The number of carbonyl (C=O) groups is 1. The molecule has 1 saturated carbocycles. The molecule has 1 saturated heterocycles. The van der Waals surface area contributed by atoms with Gasteiger partial charge in [-0.05, 0) is 54.7 Å². The van der Waals surface area contributed by atoms with Crippen molar-refractivity contribution in [2.45, 2.75) is 44.8 Å². The van der Waals surface area contributed by atoms with Crippen molar-refractivity contribution in [3.05, 3.63) is 58.8 Å². The van der Waals surface area contributed by atoms with Crippen molar-refractivity contribution >= 4 is 29.3 Å². The minimum atomic E-state index is -0.168. The number of hydrogen-bond acceptors (Lipinski definition) is 7. The molecule has 0 unspecified atom stereocenters. The molecule has 2 fully saturated rings. The maximum Gasteiger partial charge on any atom is 0.269 e. The average Bonchev–Trinajstić information content (AvgIpc) is 2.83.